The first-order valence-electron chi connectivity index (χ1n) is 10.8. The summed E-state index contributed by atoms with van der Waals surface area (Å²) < 4.78 is 10.8. The van der Waals surface area contributed by atoms with Crippen LogP contribution in [0.5, 0.6) is 5.75 Å². The number of nitrogens with one attached hydrogen (secondary N) is 1. The van der Waals surface area contributed by atoms with E-state index in [-0.39, 0.29) is 24.7 Å². The number of carbonyl (C=O) groups is 1. The molecule has 0 unspecified atom stereocenters. The smallest absolute Gasteiger partial charge is 0.339 e. The number of aliphatic imine (C=N–C) groups is 1. The van der Waals surface area contributed by atoms with Crippen LogP contribution in [0.3, 0.4) is 0 Å². The molecule has 0 radical (unpaired) electrons. The zero-order chi connectivity index (χ0) is 24.3. The SMILES string of the molecule is C=CCOc1cc([C@@H](CCC)NC(=O)[C@]2(N)CSC(/C(C)=N/OCCCCO)=N2)oc(=O)c1. The molecule has 11 heteroatoms. The van der Waals surface area contributed by atoms with Gasteiger partial charge in [-0.1, -0.05) is 31.2 Å². The maximum Gasteiger partial charge on any atom is 0.339 e. The number of thioether (sulfide) groups is 1. The Hall–Kier alpha value is -2.63. The Balaban J connectivity index is 2.12. The average Bonchev–Trinajstić information content (AvgIpc) is 3.20. The van der Waals surface area contributed by atoms with Crippen molar-refractivity contribution in [1.29, 1.82) is 0 Å². The van der Waals surface area contributed by atoms with Crippen LogP contribution >= 0.6 is 11.8 Å². The third kappa shape index (κ3) is 8.02. The lowest BCUT2D eigenvalue weighted by Gasteiger charge is -2.24. The van der Waals surface area contributed by atoms with Gasteiger partial charge < -0.3 is 24.4 Å². The third-order valence-corrected chi connectivity index (χ3v) is 5.88. The van der Waals surface area contributed by atoms with E-state index in [2.05, 4.69) is 22.0 Å². The predicted molar refractivity (Wildman–Crippen MR) is 129 cm³/mol. The first kappa shape index (κ1) is 26.6. The maximum atomic E-state index is 13.1. The van der Waals surface area contributed by atoms with Gasteiger partial charge in [-0.2, -0.15) is 0 Å². The van der Waals surface area contributed by atoms with Crippen molar-refractivity contribution in [3.05, 3.63) is 41.0 Å². The van der Waals surface area contributed by atoms with Crippen molar-refractivity contribution in [1.82, 2.24) is 5.32 Å². The van der Waals surface area contributed by atoms with Crippen molar-refractivity contribution in [3.63, 3.8) is 0 Å². The van der Waals surface area contributed by atoms with Crippen LogP contribution in [0.2, 0.25) is 0 Å². The molecule has 2 atom stereocenters. The summed E-state index contributed by atoms with van der Waals surface area (Å²) in [5, 5.41) is 16.2. The van der Waals surface area contributed by atoms with E-state index < -0.39 is 23.2 Å². The molecule has 1 aliphatic heterocycles. The Kier molecular flexibility index (Phi) is 10.6. The largest absolute Gasteiger partial charge is 0.489 e. The predicted octanol–water partition coefficient (Wildman–Crippen LogP) is 2.13. The van der Waals surface area contributed by atoms with Gasteiger partial charge in [0.05, 0.1) is 12.1 Å². The maximum absolute atomic E-state index is 13.1. The number of oxime groups is 1. The molecule has 1 aliphatic rings. The number of hydrogen-bond acceptors (Lipinski definition) is 10. The van der Waals surface area contributed by atoms with Crippen LogP contribution in [0, 0.1) is 0 Å². The Morgan fingerprint density at radius 3 is 3.00 bits per heavy atom. The fourth-order valence-corrected chi connectivity index (χ4v) is 3.95. The van der Waals surface area contributed by atoms with Gasteiger partial charge in [0.25, 0.3) is 5.91 Å². The highest BCUT2D eigenvalue weighted by Gasteiger charge is 2.41. The molecule has 1 aromatic rings. The molecule has 10 nitrogen and oxygen atoms in total. The van der Waals surface area contributed by atoms with Gasteiger partial charge in [0.15, 0.2) is 5.66 Å². The van der Waals surface area contributed by atoms with E-state index in [1.54, 1.807) is 19.1 Å². The van der Waals surface area contributed by atoms with E-state index in [9.17, 15) is 9.59 Å². The van der Waals surface area contributed by atoms with E-state index in [1.165, 1.54) is 17.8 Å². The summed E-state index contributed by atoms with van der Waals surface area (Å²) in [6, 6.07) is 2.25. The fourth-order valence-electron chi connectivity index (χ4n) is 2.93. The Morgan fingerprint density at radius 1 is 1.52 bits per heavy atom. The molecular formula is C22H32N4O6S. The summed E-state index contributed by atoms with van der Waals surface area (Å²) in [7, 11) is 0. The number of carbonyl (C=O) groups excluding carboxylic acids is 1. The van der Waals surface area contributed by atoms with Crippen LogP contribution in [0.15, 0.2) is 44.1 Å². The fraction of sp³-hybridized carbons (Fsp3) is 0.545. The van der Waals surface area contributed by atoms with Gasteiger partial charge in [-0.15, -0.1) is 11.8 Å². The van der Waals surface area contributed by atoms with Crippen molar-refractivity contribution in [3.8, 4) is 5.75 Å². The summed E-state index contributed by atoms with van der Waals surface area (Å²) >= 11 is 1.31. The van der Waals surface area contributed by atoms with Gasteiger partial charge in [-0.3, -0.25) is 10.5 Å². The van der Waals surface area contributed by atoms with Gasteiger partial charge in [0.2, 0.25) is 0 Å². The number of aliphatic hydroxyl groups excluding tert-OH is 1. The zero-order valence-corrected chi connectivity index (χ0v) is 19.9. The molecule has 182 valence electrons. The highest BCUT2D eigenvalue weighted by molar-refractivity contribution is 8.16. The van der Waals surface area contributed by atoms with Crippen LogP contribution in [-0.4, -0.2) is 53.0 Å². The molecule has 0 spiro atoms. The van der Waals surface area contributed by atoms with Crippen LogP contribution in [-0.2, 0) is 9.63 Å². The number of nitrogens with two attached hydrogens (primary N) is 1. The first-order chi connectivity index (χ1) is 15.8. The molecule has 0 saturated heterocycles. The topological polar surface area (TPSA) is 149 Å². The summed E-state index contributed by atoms with van der Waals surface area (Å²) in [4.78, 5) is 34.6. The van der Waals surface area contributed by atoms with Gasteiger partial charge in [-0.05, 0) is 26.2 Å². The van der Waals surface area contributed by atoms with Crippen molar-refractivity contribution in [2.24, 2.45) is 15.9 Å². The number of unbranched alkanes of at least 4 members (excludes halogenated alkanes) is 1. The summed E-state index contributed by atoms with van der Waals surface area (Å²) in [6.45, 7) is 7.99. The molecule has 2 heterocycles. The molecule has 0 aromatic carbocycles. The first-order valence-corrected chi connectivity index (χ1v) is 11.8. The molecule has 4 N–H and O–H groups in total. The van der Waals surface area contributed by atoms with Crippen molar-refractivity contribution in [2.45, 2.75) is 51.2 Å². The lowest BCUT2D eigenvalue weighted by atomic mass is 10.1. The summed E-state index contributed by atoms with van der Waals surface area (Å²) in [5.41, 5.74) is 4.76. The van der Waals surface area contributed by atoms with Crippen molar-refractivity contribution >= 4 is 28.4 Å². The number of hydrogen-bond donors (Lipinski definition) is 3. The van der Waals surface area contributed by atoms with Crippen LogP contribution in [0.1, 0.15) is 51.3 Å². The lowest BCUT2D eigenvalue weighted by Crippen LogP contribution is -2.54. The molecule has 0 saturated carbocycles. The minimum atomic E-state index is -1.49. The summed E-state index contributed by atoms with van der Waals surface area (Å²) in [5.74, 6) is 0.363. The van der Waals surface area contributed by atoms with Crippen LogP contribution < -0.4 is 21.4 Å². The molecule has 0 bridgehead atoms. The third-order valence-electron chi connectivity index (χ3n) is 4.63. The summed E-state index contributed by atoms with van der Waals surface area (Å²) in [6.07, 6.45) is 4.15. The second-order valence-corrected chi connectivity index (χ2v) is 8.46. The monoisotopic (exact) mass is 480 g/mol. The van der Waals surface area contributed by atoms with Crippen molar-refractivity contribution < 1.29 is 23.9 Å². The molecule has 0 aliphatic carbocycles. The number of ether oxygens (including phenoxy) is 1. The highest BCUT2D eigenvalue weighted by atomic mass is 32.2. The minimum absolute atomic E-state index is 0.105. The molecule has 1 amide bonds. The van der Waals surface area contributed by atoms with E-state index in [0.29, 0.717) is 42.4 Å². The lowest BCUT2D eigenvalue weighted by molar-refractivity contribution is -0.126. The number of amides is 1. The van der Waals surface area contributed by atoms with E-state index in [1.807, 2.05) is 6.92 Å². The molecule has 2 rings (SSSR count). The molecule has 33 heavy (non-hydrogen) atoms. The Bertz CT molecular complexity index is 932. The van der Waals surface area contributed by atoms with Gasteiger partial charge in [0, 0.05) is 18.4 Å². The van der Waals surface area contributed by atoms with E-state index >= 15 is 0 Å². The van der Waals surface area contributed by atoms with Gasteiger partial charge in [0.1, 0.15) is 35.5 Å². The van der Waals surface area contributed by atoms with Gasteiger partial charge >= 0.3 is 5.63 Å². The standard InChI is InChI=1S/C22H32N4O6S/c1-4-8-17(18-12-16(30-10-5-2)13-19(28)32-18)24-21(29)22(23)14-33-20(25-22)15(3)26-31-11-7-6-9-27/h5,12-13,17,27H,2,4,6-11,14,23H2,1,3H3,(H,24,29)/b26-15+/t17-,22+/m1/s1. The van der Waals surface area contributed by atoms with Gasteiger partial charge in [-0.25, -0.2) is 9.79 Å². The molecular weight excluding hydrogens is 448 g/mol. The van der Waals surface area contributed by atoms with Crippen LogP contribution in [0.4, 0.5) is 0 Å². The second-order valence-electron chi connectivity index (χ2n) is 7.50. The Morgan fingerprint density at radius 2 is 2.30 bits per heavy atom. The number of aliphatic hydroxyl groups is 1. The quantitative estimate of drug-likeness (QED) is 0.159. The number of nitrogens with zero attached hydrogens (tertiary/aromatic N) is 2. The Labute approximate surface area is 197 Å². The van der Waals surface area contributed by atoms with Crippen molar-refractivity contribution in [2.75, 3.05) is 25.6 Å². The molecule has 1 aromatic heterocycles. The zero-order valence-electron chi connectivity index (χ0n) is 19.0. The second kappa shape index (κ2) is 13.2. The average molecular weight is 481 g/mol. The van der Waals surface area contributed by atoms with E-state index in [4.69, 9.17) is 24.8 Å². The normalized spacial score (nSPS) is 19.0. The van der Waals surface area contributed by atoms with Crippen LogP contribution in [0.25, 0.3) is 0 Å². The minimum Gasteiger partial charge on any atom is -0.489 e. The number of rotatable bonds is 14. The van der Waals surface area contributed by atoms with E-state index in [0.717, 1.165) is 6.42 Å². The molecule has 0 fully saturated rings. The highest BCUT2D eigenvalue weighted by Crippen LogP contribution is 2.27.